The van der Waals surface area contributed by atoms with E-state index in [0.29, 0.717) is 6.10 Å². The van der Waals surface area contributed by atoms with Crippen LogP contribution in [0.5, 0.6) is 0 Å². The Morgan fingerprint density at radius 2 is 1.82 bits per heavy atom. The van der Waals surface area contributed by atoms with Crippen LogP contribution in [0, 0.1) is 13.1 Å². The molecule has 2 aromatic carbocycles. The Morgan fingerprint density at radius 1 is 1.08 bits per heavy atom. The molecule has 199 valence electrons. The average molecular weight is 684 g/mol. The summed E-state index contributed by atoms with van der Waals surface area (Å²) in [6.07, 6.45) is 13.2. The maximum atomic E-state index is 10.7. The second-order valence-corrected chi connectivity index (χ2v) is 10.9. The van der Waals surface area contributed by atoms with Gasteiger partial charge in [0, 0.05) is 32.4 Å². The van der Waals surface area contributed by atoms with E-state index >= 15 is 0 Å². The number of pyridine rings is 2. The Morgan fingerprint density at radius 3 is 2.55 bits per heavy atom. The van der Waals surface area contributed by atoms with Gasteiger partial charge in [0.1, 0.15) is 0 Å². The molecule has 0 bridgehead atoms. The molecule has 1 fully saturated rings. The summed E-state index contributed by atoms with van der Waals surface area (Å²) in [5.74, 6) is 0.827. The standard InChI is InChI=1S/C22H17N2.C11H18O2.Ir/c1-13-10-14-8-9-23-21-16-12-24-18-7-5-4-6-15(18)20(16)22(2,3)17(11-13)19(14)21;1-9(12)8-10(2)13-11-6-4-3-5-7-11;/h4-11H,1-3H3;8,11H,3-7H2,1-2H3;/q-1;;/b;10-8-;. The Bertz CT molecular complexity index is 1520. The van der Waals surface area contributed by atoms with Gasteiger partial charge in [0.15, 0.2) is 5.78 Å². The van der Waals surface area contributed by atoms with Crippen LogP contribution in [0.2, 0.25) is 0 Å². The van der Waals surface area contributed by atoms with Crippen LogP contribution in [0.4, 0.5) is 0 Å². The molecule has 6 rings (SSSR count). The van der Waals surface area contributed by atoms with E-state index in [0.717, 1.165) is 35.4 Å². The van der Waals surface area contributed by atoms with E-state index in [1.807, 2.05) is 19.2 Å². The Balaban J connectivity index is 0.000000207. The fourth-order valence-corrected chi connectivity index (χ4v) is 5.96. The third-order valence-electron chi connectivity index (χ3n) is 7.57. The number of ketones is 1. The zero-order valence-electron chi connectivity index (χ0n) is 22.9. The molecule has 4 aromatic rings. The first kappa shape index (κ1) is 28.1. The molecule has 2 aromatic heterocycles. The Labute approximate surface area is 239 Å². The van der Waals surface area contributed by atoms with Crippen molar-refractivity contribution in [1.82, 2.24) is 9.97 Å². The van der Waals surface area contributed by atoms with Gasteiger partial charge in [-0.2, -0.15) is 0 Å². The third-order valence-corrected chi connectivity index (χ3v) is 7.57. The SMILES string of the molecule is CC(=O)/C=C(/C)OC1CCCCC1.Cc1cc2c3c(nccc3c1)-c1[c-]nc3ccccc3c1C2(C)C.[Ir]. The number of ether oxygens (including phenoxy) is 1. The van der Waals surface area contributed by atoms with Gasteiger partial charge in [-0.25, -0.2) is 0 Å². The first-order chi connectivity index (χ1) is 17.8. The van der Waals surface area contributed by atoms with Crippen LogP contribution in [0.1, 0.15) is 76.5 Å². The van der Waals surface area contributed by atoms with Gasteiger partial charge < -0.3 is 14.7 Å². The van der Waals surface area contributed by atoms with Gasteiger partial charge in [-0.15, -0.1) is 11.1 Å². The summed E-state index contributed by atoms with van der Waals surface area (Å²) in [4.78, 5) is 20.0. The number of hydrogen-bond donors (Lipinski definition) is 0. The van der Waals surface area contributed by atoms with Crippen molar-refractivity contribution >= 4 is 27.5 Å². The topological polar surface area (TPSA) is 52.1 Å². The summed E-state index contributed by atoms with van der Waals surface area (Å²) >= 11 is 0. The maximum Gasteiger partial charge on any atom is 0.155 e. The van der Waals surface area contributed by atoms with Gasteiger partial charge in [-0.1, -0.05) is 67.6 Å². The largest absolute Gasteiger partial charge is 0.495 e. The predicted octanol–water partition coefficient (Wildman–Crippen LogP) is 8.02. The van der Waals surface area contributed by atoms with Crippen molar-refractivity contribution in [1.29, 1.82) is 0 Å². The number of fused-ring (bicyclic) bond motifs is 4. The average Bonchev–Trinajstić information content (AvgIpc) is 2.87. The van der Waals surface area contributed by atoms with Gasteiger partial charge in [0.05, 0.1) is 11.9 Å². The fraction of sp³-hybridized carbons (Fsp3) is 0.364. The minimum atomic E-state index is -0.116. The number of aromatic nitrogens is 2. The molecule has 5 heteroatoms. The van der Waals surface area contributed by atoms with Crippen LogP contribution < -0.4 is 0 Å². The maximum absolute atomic E-state index is 10.7. The minimum absolute atomic E-state index is 0. The molecular formula is C33H35IrN2O2-. The zero-order chi connectivity index (χ0) is 26.2. The number of para-hydroxylation sites is 1. The van der Waals surface area contributed by atoms with E-state index in [-0.39, 0.29) is 31.3 Å². The van der Waals surface area contributed by atoms with Crippen molar-refractivity contribution in [2.24, 2.45) is 0 Å². The first-order valence-corrected chi connectivity index (χ1v) is 13.3. The molecule has 0 spiro atoms. The molecule has 0 saturated heterocycles. The third kappa shape index (κ3) is 5.46. The number of nitrogens with zero attached hydrogens (tertiary/aromatic N) is 2. The molecule has 4 nitrogen and oxygen atoms in total. The summed E-state index contributed by atoms with van der Waals surface area (Å²) in [7, 11) is 0. The minimum Gasteiger partial charge on any atom is -0.495 e. The van der Waals surface area contributed by atoms with E-state index in [9.17, 15) is 4.79 Å². The fourth-order valence-electron chi connectivity index (χ4n) is 5.96. The summed E-state index contributed by atoms with van der Waals surface area (Å²) in [6.45, 7) is 10.2. The van der Waals surface area contributed by atoms with Gasteiger partial charge in [0.2, 0.25) is 0 Å². The number of allylic oxidation sites excluding steroid dienone is 2. The van der Waals surface area contributed by atoms with Crippen molar-refractivity contribution in [3.05, 3.63) is 83.4 Å². The molecule has 0 atom stereocenters. The Kier molecular flexibility index (Phi) is 8.49. The molecular weight excluding hydrogens is 649 g/mol. The van der Waals surface area contributed by atoms with Crippen molar-refractivity contribution in [2.45, 2.75) is 78.2 Å². The quantitative estimate of drug-likeness (QED) is 0.125. The number of rotatable bonds is 3. The second-order valence-electron chi connectivity index (χ2n) is 10.9. The van der Waals surface area contributed by atoms with Crippen LogP contribution in [0.15, 0.2) is 60.5 Å². The van der Waals surface area contributed by atoms with Crippen molar-refractivity contribution in [2.75, 3.05) is 0 Å². The van der Waals surface area contributed by atoms with Gasteiger partial charge in [0.25, 0.3) is 0 Å². The molecule has 2 aliphatic rings. The van der Waals surface area contributed by atoms with Crippen LogP contribution in [-0.2, 0) is 35.1 Å². The smallest absolute Gasteiger partial charge is 0.155 e. The molecule has 1 saturated carbocycles. The Hall–Kier alpha value is -2.88. The summed E-state index contributed by atoms with van der Waals surface area (Å²) < 4.78 is 5.64. The second kappa shape index (κ2) is 11.5. The van der Waals surface area contributed by atoms with E-state index in [2.05, 4.69) is 68.4 Å². The molecule has 38 heavy (non-hydrogen) atoms. The van der Waals surface area contributed by atoms with Crippen LogP contribution >= 0.6 is 0 Å². The van der Waals surface area contributed by atoms with E-state index in [1.165, 1.54) is 52.1 Å². The van der Waals surface area contributed by atoms with Crippen LogP contribution in [-0.4, -0.2) is 21.9 Å². The van der Waals surface area contributed by atoms with E-state index in [1.54, 1.807) is 13.0 Å². The summed E-state index contributed by atoms with van der Waals surface area (Å²) in [5.41, 5.74) is 6.84. The molecule has 0 amide bonds. The van der Waals surface area contributed by atoms with Crippen LogP contribution in [0.25, 0.3) is 32.9 Å². The molecule has 2 heterocycles. The van der Waals surface area contributed by atoms with Crippen molar-refractivity contribution < 1.29 is 29.6 Å². The number of hydrogen-bond acceptors (Lipinski definition) is 4. The molecule has 0 N–H and O–H groups in total. The number of benzene rings is 2. The normalized spacial score (nSPS) is 16.2. The first-order valence-electron chi connectivity index (χ1n) is 13.3. The van der Waals surface area contributed by atoms with Gasteiger partial charge in [-0.05, 0) is 91.7 Å². The van der Waals surface area contributed by atoms with Crippen LogP contribution in [0.3, 0.4) is 0 Å². The van der Waals surface area contributed by atoms with E-state index < -0.39 is 0 Å². The molecule has 1 radical (unpaired) electrons. The van der Waals surface area contributed by atoms with Gasteiger partial charge >= 0.3 is 0 Å². The number of carbonyl (C=O) groups is 1. The predicted molar refractivity (Wildman–Crippen MR) is 151 cm³/mol. The van der Waals surface area contributed by atoms with Crippen molar-refractivity contribution in [3.8, 4) is 11.3 Å². The molecule has 2 aliphatic carbocycles. The van der Waals surface area contributed by atoms with Gasteiger partial charge in [-0.3, -0.25) is 4.79 Å². The van der Waals surface area contributed by atoms with Crippen molar-refractivity contribution in [3.63, 3.8) is 0 Å². The summed E-state index contributed by atoms with van der Waals surface area (Å²) in [5, 5.41) is 3.69. The number of carbonyl (C=O) groups excluding carboxylic acids is 1. The number of aryl methyl sites for hydroxylation is 1. The monoisotopic (exact) mass is 684 g/mol. The zero-order valence-corrected chi connectivity index (χ0v) is 25.2. The summed E-state index contributed by atoms with van der Waals surface area (Å²) in [6, 6.07) is 15.0. The molecule has 0 aliphatic heterocycles. The molecule has 0 unspecified atom stereocenters. The van der Waals surface area contributed by atoms with E-state index in [4.69, 9.17) is 9.72 Å².